The molecule has 5 aliphatic carbocycles. The molecule has 5 saturated carbocycles. The predicted molar refractivity (Wildman–Crippen MR) is 65.1 cm³/mol. The van der Waals surface area contributed by atoms with Gasteiger partial charge in [0.25, 0.3) is 0 Å². The van der Waals surface area contributed by atoms with E-state index >= 15 is 0 Å². The maximum absolute atomic E-state index is 12.4. The molecule has 0 aromatic heterocycles. The lowest BCUT2D eigenvalue weighted by Crippen LogP contribution is -2.65. The van der Waals surface area contributed by atoms with Gasteiger partial charge in [0, 0.05) is 22.7 Å². The molecule has 0 saturated heterocycles. The summed E-state index contributed by atoms with van der Waals surface area (Å²) < 4.78 is 0. The van der Waals surface area contributed by atoms with Gasteiger partial charge < -0.3 is 0 Å². The van der Waals surface area contributed by atoms with Gasteiger partial charge in [-0.15, -0.1) is 0 Å². The third-order valence-corrected chi connectivity index (χ3v) is 7.48. The third kappa shape index (κ3) is 0.759. The zero-order chi connectivity index (χ0) is 15.8. The lowest BCUT2D eigenvalue weighted by molar-refractivity contribution is -0.816. The molecule has 0 amide bonds. The summed E-state index contributed by atoms with van der Waals surface area (Å²) in [6.45, 7) is 0. The van der Waals surface area contributed by atoms with Gasteiger partial charge >= 0.3 is 5.66 Å². The first-order valence-electron chi connectivity index (χ1n) is 7.29. The minimum Gasteiger partial charge on any atom is -0.299 e. The van der Waals surface area contributed by atoms with Crippen molar-refractivity contribution >= 4 is 5.78 Å². The van der Waals surface area contributed by atoms with E-state index in [0.29, 0.717) is 0 Å². The molecule has 8 atom stereocenters. The van der Waals surface area contributed by atoms with Crippen molar-refractivity contribution in [3.63, 3.8) is 0 Å². The Morgan fingerprint density at radius 2 is 1.55 bits per heavy atom. The molecule has 0 N–H and O–H groups in total. The monoisotopic (exact) mass is 309 g/mol. The lowest BCUT2D eigenvalue weighted by atomic mass is 9.54. The van der Waals surface area contributed by atoms with Crippen LogP contribution in [0.25, 0.3) is 0 Å². The van der Waals surface area contributed by atoms with E-state index in [1.165, 1.54) is 0 Å². The topological polar surface area (TPSA) is 146 Å². The number of nitro groups is 3. The van der Waals surface area contributed by atoms with Crippen molar-refractivity contribution in [2.75, 3.05) is 0 Å². The van der Waals surface area contributed by atoms with Crippen molar-refractivity contribution in [1.29, 1.82) is 0 Å². The summed E-state index contributed by atoms with van der Waals surface area (Å²) in [5, 5.41) is 35.2. The number of hydrogen-bond acceptors (Lipinski definition) is 7. The molecular formula is C12H11N3O7. The Kier molecular flexibility index (Phi) is 1.69. The van der Waals surface area contributed by atoms with Crippen LogP contribution in [0.3, 0.4) is 0 Å². The second-order valence-corrected chi connectivity index (χ2v) is 7.32. The van der Waals surface area contributed by atoms with Crippen LogP contribution >= 0.6 is 0 Å². The van der Waals surface area contributed by atoms with Gasteiger partial charge in [0.1, 0.15) is 11.7 Å². The highest BCUT2D eigenvalue weighted by atomic mass is 16.7. The number of ketones is 1. The van der Waals surface area contributed by atoms with Crippen LogP contribution in [-0.2, 0) is 4.79 Å². The number of Topliss-reactive ketones (excluding diaryl/α,β-unsaturated/α-hetero) is 1. The number of rotatable bonds is 3. The van der Waals surface area contributed by atoms with Gasteiger partial charge in [-0.2, -0.15) is 0 Å². The molecule has 22 heavy (non-hydrogen) atoms. The zero-order valence-electron chi connectivity index (χ0n) is 11.2. The van der Waals surface area contributed by atoms with E-state index < -0.39 is 61.5 Å². The Balaban J connectivity index is 1.84. The summed E-state index contributed by atoms with van der Waals surface area (Å²) in [5.74, 6) is -4.82. The maximum Gasteiger partial charge on any atom is 0.471 e. The average Bonchev–Trinajstić information content (AvgIpc) is 2.96. The molecule has 5 rings (SSSR count). The van der Waals surface area contributed by atoms with Crippen molar-refractivity contribution in [3.8, 4) is 0 Å². The van der Waals surface area contributed by atoms with Crippen molar-refractivity contribution in [2.24, 2.45) is 41.4 Å². The van der Waals surface area contributed by atoms with Gasteiger partial charge in [-0.05, 0) is 18.8 Å². The fourth-order valence-corrected chi connectivity index (χ4v) is 7.30. The molecule has 0 heterocycles. The second-order valence-electron chi connectivity index (χ2n) is 7.32. The highest BCUT2D eigenvalue weighted by Crippen LogP contribution is 2.83. The molecule has 10 heteroatoms. The number of hydrogen-bond donors (Lipinski definition) is 0. The van der Waals surface area contributed by atoms with E-state index in [2.05, 4.69) is 0 Å². The van der Waals surface area contributed by atoms with E-state index in [-0.39, 0.29) is 24.5 Å². The van der Waals surface area contributed by atoms with Crippen LogP contribution in [0.15, 0.2) is 0 Å². The minimum absolute atomic E-state index is 0.0472. The molecule has 0 spiro atoms. The predicted octanol–water partition coefficient (Wildman–Crippen LogP) is -0.0177. The summed E-state index contributed by atoms with van der Waals surface area (Å²) in [5.41, 5.74) is -4.12. The Hall–Kier alpha value is -2.13. The van der Waals surface area contributed by atoms with Crippen LogP contribution in [0.2, 0.25) is 0 Å². The summed E-state index contributed by atoms with van der Waals surface area (Å²) in [4.78, 5) is 45.3. The van der Waals surface area contributed by atoms with Crippen LogP contribution in [0.1, 0.15) is 12.8 Å². The fourth-order valence-electron chi connectivity index (χ4n) is 7.30. The Morgan fingerprint density at radius 1 is 0.909 bits per heavy atom. The van der Waals surface area contributed by atoms with Gasteiger partial charge in [-0.25, -0.2) is 0 Å². The number of carbonyl (C=O) groups excluding carboxylic acids is 1. The zero-order valence-corrected chi connectivity index (χ0v) is 11.2. The average molecular weight is 309 g/mol. The third-order valence-electron chi connectivity index (χ3n) is 7.48. The van der Waals surface area contributed by atoms with Crippen LogP contribution in [0, 0.1) is 71.8 Å². The highest BCUT2D eigenvalue weighted by molar-refractivity contribution is 5.89. The molecule has 5 aliphatic rings. The SMILES string of the molecule is O=C1[C@H]2C[C@H]3C([N+](=O)[O-])([N+](=O)[O-])[C@@H]4C[C@@H]1[C@H]1[C@H]2[C@@]3([N+](=O)[O-])[C@@H]14. The van der Waals surface area contributed by atoms with Crippen LogP contribution < -0.4 is 0 Å². The summed E-state index contributed by atoms with van der Waals surface area (Å²) >= 11 is 0. The van der Waals surface area contributed by atoms with Gasteiger partial charge in [-0.1, -0.05) is 0 Å². The largest absolute Gasteiger partial charge is 0.471 e. The Bertz CT molecular complexity index is 693. The second kappa shape index (κ2) is 2.99. The van der Waals surface area contributed by atoms with Crippen molar-refractivity contribution in [3.05, 3.63) is 30.3 Å². The maximum atomic E-state index is 12.4. The first-order chi connectivity index (χ1) is 10.3. The molecule has 116 valence electrons. The van der Waals surface area contributed by atoms with Crippen LogP contribution in [0.4, 0.5) is 0 Å². The van der Waals surface area contributed by atoms with E-state index in [1.54, 1.807) is 0 Å². The standard InChI is InChI=1S/C12H11N3O7/c16-10-3-1-5-9-7(3)8-4(10)2-6(11(8,9)13(17)18)12(5,14(19)20)15(21)22/h3-9H,1-2H2/t3-,4+,5-,6-,7+,8+,9-,11-/m1/s1. The lowest BCUT2D eigenvalue weighted by Gasteiger charge is -2.46. The molecule has 0 aliphatic heterocycles. The Labute approximate surface area is 122 Å². The van der Waals surface area contributed by atoms with Crippen LogP contribution in [-0.4, -0.2) is 31.8 Å². The summed E-state index contributed by atoms with van der Waals surface area (Å²) in [6, 6.07) is 0. The van der Waals surface area contributed by atoms with Gasteiger partial charge in [0.05, 0.1) is 15.8 Å². The molecule has 0 unspecified atom stereocenters. The first kappa shape index (κ1) is 12.4. The normalized spacial score (nSPS) is 54.4. The van der Waals surface area contributed by atoms with Crippen molar-refractivity contribution < 1.29 is 19.6 Å². The summed E-state index contributed by atoms with van der Waals surface area (Å²) in [7, 11) is 0. The summed E-state index contributed by atoms with van der Waals surface area (Å²) in [6.07, 6.45) is -0.0122. The molecular weight excluding hydrogens is 298 g/mol. The minimum atomic E-state index is -2.49. The van der Waals surface area contributed by atoms with Crippen molar-refractivity contribution in [2.45, 2.75) is 24.0 Å². The molecule has 10 nitrogen and oxygen atoms in total. The number of nitrogens with zero attached hydrogens (tertiary/aromatic N) is 3. The number of carbonyl (C=O) groups is 1. The van der Waals surface area contributed by atoms with Gasteiger partial charge in [0.2, 0.25) is 5.54 Å². The molecule has 0 bridgehead atoms. The fraction of sp³-hybridized carbons (Fsp3) is 0.917. The van der Waals surface area contributed by atoms with Crippen molar-refractivity contribution in [1.82, 2.24) is 0 Å². The highest BCUT2D eigenvalue weighted by Gasteiger charge is 3.02. The molecule has 0 aromatic carbocycles. The molecule has 5 fully saturated rings. The van der Waals surface area contributed by atoms with E-state index in [4.69, 9.17) is 0 Å². The molecule has 0 radical (unpaired) electrons. The molecule has 0 aromatic rings. The van der Waals surface area contributed by atoms with Crippen LogP contribution in [0.5, 0.6) is 0 Å². The van der Waals surface area contributed by atoms with E-state index in [0.717, 1.165) is 0 Å². The van der Waals surface area contributed by atoms with Gasteiger partial charge in [0.15, 0.2) is 5.92 Å². The van der Waals surface area contributed by atoms with Gasteiger partial charge in [-0.3, -0.25) is 35.1 Å². The quantitative estimate of drug-likeness (QED) is 0.404. The smallest absolute Gasteiger partial charge is 0.299 e. The Morgan fingerprint density at radius 3 is 2.09 bits per heavy atom. The first-order valence-corrected chi connectivity index (χ1v) is 7.29. The van der Waals surface area contributed by atoms with E-state index in [9.17, 15) is 35.1 Å². The van der Waals surface area contributed by atoms with E-state index in [1.807, 2.05) is 0 Å².